The molecule has 0 N–H and O–H groups in total. The summed E-state index contributed by atoms with van der Waals surface area (Å²) >= 11 is 0. The van der Waals surface area contributed by atoms with E-state index in [9.17, 15) is 0 Å². The van der Waals surface area contributed by atoms with Gasteiger partial charge in [-0.3, -0.25) is 4.99 Å². The van der Waals surface area contributed by atoms with Gasteiger partial charge in [-0.2, -0.15) is 0 Å². The molecule has 2 nitrogen and oxygen atoms in total. The van der Waals surface area contributed by atoms with E-state index in [1.165, 1.54) is 27.6 Å². The molecule has 3 rings (SSSR count). The number of nitrogens with zero attached hydrogens (tertiary/aromatic N) is 2. The van der Waals surface area contributed by atoms with Gasteiger partial charge < -0.3 is 4.90 Å². The Labute approximate surface area is 144 Å². The lowest BCUT2D eigenvalue weighted by Crippen LogP contribution is -2.34. The van der Waals surface area contributed by atoms with Gasteiger partial charge in [-0.25, -0.2) is 0 Å². The van der Waals surface area contributed by atoms with Crippen molar-refractivity contribution in [2.45, 2.75) is 19.9 Å². The van der Waals surface area contributed by atoms with E-state index in [0.717, 1.165) is 12.3 Å². The average Bonchev–Trinajstić information content (AvgIpc) is 2.58. The second-order valence-electron chi connectivity index (χ2n) is 6.36. The summed E-state index contributed by atoms with van der Waals surface area (Å²) in [6.07, 6.45) is 6.05. The molecule has 0 radical (unpaired) electrons. The second-order valence-corrected chi connectivity index (χ2v) is 6.36. The third-order valence-corrected chi connectivity index (χ3v) is 4.59. The van der Waals surface area contributed by atoms with E-state index in [0.29, 0.717) is 0 Å². The fourth-order valence-electron chi connectivity index (χ4n) is 3.34. The van der Waals surface area contributed by atoms with E-state index >= 15 is 0 Å². The molecule has 1 unspecified atom stereocenters. The summed E-state index contributed by atoms with van der Waals surface area (Å²) in [6.45, 7) is 8.72. The van der Waals surface area contributed by atoms with Crippen LogP contribution in [0.5, 0.6) is 0 Å². The Bertz CT molecular complexity index is 855. The highest BCUT2D eigenvalue weighted by atomic mass is 15.2. The molecule has 0 bridgehead atoms. The Kier molecular flexibility index (Phi) is 4.66. The maximum atomic E-state index is 4.77. The summed E-state index contributed by atoms with van der Waals surface area (Å²) in [7, 11) is 2.16. The highest BCUT2D eigenvalue weighted by molar-refractivity contribution is 5.91. The van der Waals surface area contributed by atoms with Gasteiger partial charge in [-0.1, -0.05) is 55.1 Å². The van der Waals surface area contributed by atoms with E-state index in [-0.39, 0.29) is 6.04 Å². The van der Waals surface area contributed by atoms with Crippen molar-refractivity contribution < 1.29 is 0 Å². The molecule has 0 aromatic heterocycles. The largest absolute Gasteiger partial charge is 0.364 e. The Morgan fingerprint density at radius 1 is 1.21 bits per heavy atom. The van der Waals surface area contributed by atoms with E-state index in [1.54, 1.807) is 0 Å². The molecule has 0 saturated heterocycles. The lowest BCUT2D eigenvalue weighted by molar-refractivity contribution is 0.360. The lowest BCUT2D eigenvalue weighted by Gasteiger charge is -2.36. The van der Waals surface area contributed by atoms with E-state index < -0.39 is 0 Å². The van der Waals surface area contributed by atoms with Crippen molar-refractivity contribution in [2.24, 2.45) is 4.99 Å². The van der Waals surface area contributed by atoms with Gasteiger partial charge in [-0.05, 0) is 47.9 Å². The summed E-state index contributed by atoms with van der Waals surface area (Å²) in [4.78, 5) is 7.11. The van der Waals surface area contributed by atoms with Gasteiger partial charge in [0.2, 0.25) is 0 Å². The summed E-state index contributed by atoms with van der Waals surface area (Å²) in [6, 6.07) is 15.4. The van der Waals surface area contributed by atoms with Crippen LogP contribution in [0.3, 0.4) is 0 Å². The van der Waals surface area contributed by atoms with Crippen LogP contribution in [-0.2, 0) is 0 Å². The van der Waals surface area contributed by atoms with Crippen molar-refractivity contribution in [2.75, 3.05) is 13.6 Å². The van der Waals surface area contributed by atoms with Crippen molar-refractivity contribution in [3.63, 3.8) is 0 Å². The van der Waals surface area contributed by atoms with Crippen molar-refractivity contribution in [3.8, 4) is 0 Å². The first-order valence-corrected chi connectivity index (χ1v) is 8.32. The molecule has 2 aromatic rings. The van der Waals surface area contributed by atoms with Crippen LogP contribution in [0.4, 0.5) is 0 Å². The molecule has 0 amide bonds. The molecule has 1 aliphatic rings. The molecule has 0 spiro atoms. The van der Waals surface area contributed by atoms with E-state index in [1.807, 2.05) is 12.2 Å². The molecule has 0 saturated carbocycles. The Hall–Kier alpha value is -2.61. The second kappa shape index (κ2) is 6.88. The maximum absolute atomic E-state index is 4.77. The molecule has 2 heteroatoms. The SMILES string of the molecule is C=C/C=C(C)\C=C1/CN=C(C)C(c2ccc3ccccc3c2)N1C. The maximum Gasteiger partial charge on any atom is 0.0914 e. The number of allylic oxidation sites excluding steroid dienone is 4. The topological polar surface area (TPSA) is 15.6 Å². The molecule has 2 aromatic carbocycles. The minimum atomic E-state index is 0.186. The van der Waals surface area contributed by atoms with Gasteiger partial charge in [-0.15, -0.1) is 0 Å². The van der Waals surface area contributed by atoms with E-state index in [4.69, 9.17) is 4.99 Å². The van der Waals surface area contributed by atoms with Crippen LogP contribution in [0.2, 0.25) is 0 Å². The quantitative estimate of drug-likeness (QED) is 0.701. The molecular weight excluding hydrogens is 292 g/mol. The molecule has 0 aliphatic carbocycles. The minimum absolute atomic E-state index is 0.186. The number of fused-ring (bicyclic) bond motifs is 1. The standard InChI is InChI=1S/C22H24N2/c1-5-8-16(2)13-21-15-23-17(3)22(24(21)4)20-12-11-18-9-6-7-10-19(18)14-20/h5-14,22H,1,15H2,2-4H3/b16-8-,21-13+. The van der Waals surface area contributed by atoms with Gasteiger partial charge in [0.05, 0.1) is 12.6 Å². The van der Waals surface area contributed by atoms with Crippen LogP contribution >= 0.6 is 0 Å². The zero-order valence-corrected chi connectivity index (χ0v) is 14.7. The minimum Gasteiger partial charge on any atom is -0.364 e. The average molecular weight is 316 g/mol. The molecule has 0 fully saturated rings. The summed E-state index contributed by atoms with van der Waals surface area (Å²) in [5, 5.41) is 2.55. The summed E-state index contributed by atoms with van der Waals surface area (Å²) in [5.74, 6) is 0. The predicted molar refractivity (Wildman–Crippen MR) is 104 cm³/mol. The first-order valence-electron chi connectivity index (χ1n) is 8.32. The molecule has 1 atom stereocenters. The van der Waals surface area contributed by atoms with E-state index in [2.05, 4.69) is 80.9 Å². The normalized spacial score (nSPS) is 20.4. The highest BCUT2D eigenvalue weighted by Crippen LogP contribution is 2.31. The summed E-state index contributed by atoms with van der Waals surface area (Å²) in [5.41, 5.74) is 4.87. The van der Waals surface area contributed by atoms with Crippen LogP contribution in [0.1, 0.15) is 25.5 Å². The van der Waals surface area contributed by atoms with Crippen LogP contribution in [-0.4, -0.2) is 24.2 Å². The van der Waals surface area contributed by atoms with Gasteiger partial charge in [0.15, 0.2) is 0 Å². The van der Waals surface area contributed by atoms with Crippen LogP contribution < -0.4 is 0 Å². The van der Waals surface area contributed by atoms with Crippen molar-refractivity contribution in [1.29, 1.82) is 0 Å². The first kappa shape index (κ1) is 16.3. The Morgan fingerprint density at radius 2 is 1.96 bits per heavy atom. The number of aliphatic imine (C=N–C) groups is 1. The van der Waals surface area contributed by atoms with Gasteiger partial charge in [0.1, 0.15) is 0 Å². The monoisotopic (exact) mass is 316 g/mol. The number of hydrogen-bond donors (Lipinski definition) is 0. The number of benzene rings is 2. The molecule has 122 valence electrons. The predicted octanol–water partition coefficient (Wildman–Crippen LogP) is 5.30. The summed E-state index contributed by atoms with van der Waals surface area (Å²) < 4.78 is 0. The third-order valence-electron chi connectivity index (χ3n) is 4.59. The molecule has 1 heterocycles. The van der Waals surface area contributed by atoms with Crippen LogP contribution in [0.15, 0.2) is 83.5 Å². The number of rotatable bonds is 3. The van der Waals surface area contributed by atoms with Gasteiger partial charge in [0, 0.05) is 18.5 Å². The Balaban J connectivity index is 2.01. The Morgan fingerprint density at radius 3 is 2.71 bits per heavy atom. The van der Waals surface area contributed by atoms with Gasteiger partial charge in [0.25, 0.3) is 0 Å². The van der Waals surface area contributed by atoms with Crippen molar-refractivity contribution >= 4 is 16.5 Å². The molecule has 1 aliphatic heterocycles. The lowest BCUT2D eigenvalue weighted by atomic mass is 9.96. The first-order chi connectivity index (χ1) is 11.6. The van der Waals surface area contributed by atoms with Crippen LogP contribution in [0.25, 0.3) is 10.8 Å². The third kappa shape index (κ3) is 3.18. The zero-order valence-electron chi connectivity index (χ0n) is 14.7. The fraction of sp³-hybridized carbons (Fsp3) is 0.227. The van der Waals surface area contributed by atoms with Gasteiger partial charge >= 0.3 is 0 Å². The van der Waals surface area contributed by atoms with Crippen molar-refractivity contribution in [1.82, 2.24) is 4.90 Å². The molecular formula is C22H24N2. The smallest absolute Gasteiger partial charge is 0.0914 e. The number of hydrogen-bond acceptors (Lipinski definition) is 2. The fourth-order valence-corrected chi connectivity index (χ4v) is 3.34. The number of likely N-dealkylation sites (N-methyl/N-ethyl adjacent to an activating group) is 1. The molecule has 24 heavy (non-hydrogen) atoms. The van der Waals surface area contributed by atoms with Crippen LogP contribution in [0, 0.1) is 0 Å². The zero-order chi connectivity index (χ0) is 17.1. The van der Waals surface area contributed by atoms with Crippen molar-refractivity contribution in [3.05, 3.63) is 84.1 Å². The highest BCUT2D eigenvalue weighted by Gasteiger charge is 2.25.